The number of hydrogen-bond donors (Lipinski definition) is 1. The number of halogens is 5. The number of carbonyl (C=O) groups is 1. The molecule has 0 radical (unpaired) electrons. The summed E-state index contributed by atoms with van der Waals surface area (Å²) in [6, 6.07) is 7.20. The Kier molecular flexibility index (Phi) is 32.0. The van der Waals surface area contributed by atoms with Crippen LogP contribution in [0.3, 0.4) is 0 Å². The molecule has 0 heterocycles. The molecule has 0 spiro atoms. The van der Waals surface area contributed by atoms with Crippen molar-refractivity contribution in [1.82, 2.24) is 0 Å². The van der Waals surface area contributed by atoms with Crippen molar-refractivity contribution in [3.05, 3.63) is 53.4 Å². The van der Waals surface area contributed by atoms with Crippen LogP contribution in [-0.4, -0.2) is 171 Å². The second kappa shape index (κ2) is 36.3. The molecule has 344 valence electrons. The van der Waals surface area contributed by atoms with Crippen molar-refractivity contribution in [1.29, 1.82) is 0 Å². The molecule has 2 rings (SSSR count). The van der Waals surface area contributed by atoms with E-state index in [9.17, 15) is 26.7 Å². The third-order valence-corrected chi connectivity index (χ3v) is 7.30. The third-order valence-electron chi connectivity index (χ3n) is 7.30. The van der Waals surface area contributed by atoms with Gasteiger partial charge in [0.1, 0.15) is 12.4 Å². The van der Waals surface area contributed by atoms with E-state index in [0.717, 1.165) is 5.75 Å². The largest absolute Gasteiger partial charge is 0.491 e. The molecular weight excluding hydrogens is 817 g/mol. The van der Waals surface area contributed by atoms with E-state index in [1.807, 2.05) is 12.1 Å². The van der Waals surface area contributed by atoms with Crippen molar-refractivity contribution < 1.29 is 93.1 Å². The monoisotopic (exact) mass is 875 g/mol. The van der Waals surface area contributed by atoms with Gasteiger partial charge in [-0.05, 0) is 24.3 Å². The van der Waals surface area contributed by atoms with Gasteiger partial charge in [0, 0.05) is 5.69 Å². The highest BCUT2D eigenvalue weighted by Gasteiger charge is 2.28. The molecule has 16 nitrogen and oxygen atoms in total. The summed E-state index contributed by atoms with van der Waals surface area (Å²) >= 11 is 0. The van der Waals surface area contributed by atoms with Crippen LogP contribution < -0.4 is 15.2 Å². The minimum absolute atomic E-state index is 0.0756. The molecule has 0 fully saturated rings. The highest BCUT2D eigenvalue weighted by molar-refractivity contribution is 5.72. The number of ether oxygens (including phenoxy) is 14. The molecule has 2 N–H and O–H groups in total. The molecule has 60 heavy (non-hydrogen) atoms. The summed E-state index contributed by atoms with van der Waals surface area (Å²) in [6.45, 7) is 9.44. The number of esters is 1. The van der Waals surface area contributed by atoms with Crippen LogP contribution in [0.1, 0.15) is 6.42 Å². The van der Waals surface area contributed by atoms with Crippen molar-refractivity contribution in [2.45, 2.75) is 6.42 Å². The predicted octanol–water partition coefficient (Wildman–Crippen LogP) is 3.54. The molecule has 0 aromatic heterocycles. The first-order chi connectivity index (χ1) is 29.3. The zero-order chi connectivity index (χ0) is 43.3. The Hall–Kier alpha value is -3.32. The summed E-state index contributed by atoms with van der Waals surface area (Å²) in [6.07, 6.45) is -0.491. The summed E-state index contributed by atoms with van der Waals surface area (Å²) in [5.41, 5.74) is 6.33. The fourth-order valence-corrected chi connectivity index (χ4v) is 4.30. The Balaban J connectivity index is 1.17. The number of benzene rings is 2. The molecule has 0 saturated carbocycles. The van der Waals surface area contributed by atoms with Gasteiger partial charge in [0.15, 0.2) is 0 Å². The van der Waals surface area contributed by atoms with Crippen LogP contribution in [0.15, 0.2) is 24.3 Å². The first kappa shape index (κ1) is 52.8. The molecule has 2 aromatic carbocycles. The molecule has 21 heteroatoms. The van der Waals surface area contributed by atoms with Crippen LogP contribution in [-0.2, 0) is 61.6 Å². The zero-order valence-electron chi connectivity index (χ0n) is 33.8. The van der Waals surface area contributed by atoms with Crippen molar-refractivity contribution in [3.8, 4) is 11.5 Å². The van der Waals surface area contributed by atoms with Gasteiger partial charge in [-0.25, -0.2) is 13.2 Å². The molecule has 0 aliphatic carbocycles. The fourth-order valence-electron chi connectivity index (χ4n) is 4.30. The number of anilines is 1. The van der Waals surface area contributed by atoms with E-state index in [-0.39, 0.29) is 26.4 Å². The average Bonchev–Trinajstić information content (AvgIpc) is 3.25. The Morgan fingerprint density at radius 1 is 0.367 bits per heavy atom. The second-order valence-electron chi connectivity index (χ2n) is 11.9. The van der Waals surface area contributed by atoms with Crippen molar-refractivity contribution in [2.75, 3.05) is 171 Å². The standard InChI is InChI=1S/C39H58F5NO15/c40-34-35(41)37(43)39(38(44)36(34)42)60-33(46)5-6-47-7-8-48-9-10-49-11-12-50-13-14-51-15-16-52-17-18-53-19-20-54-21-22-55-23-24-56-25-26-57-27-28-58-29-30-59-32-3-1-31(45)2-4-32/h1-4H,5-30,45H2. The number of nitrogen functional groups attached to an aromatic ring is 1. The van der Waals surface area contributed by atoms with E-state index < -0.39 is 47.2 Å². The predicted molar refractivity (Wildman–Crippen MR) is 203 cm³/mol. The van der Waals surface area contributed by atoms with Gasteiger partial charge < -0.3 is 72.0 Å². The molecule has 0 unspecified atom stereocenters. The van der Waals surface area contributed by atoms with Crippen LogP contribution in [0.25, 0.3) is 0 Å². The number of hydrogen-bond acceptors (Lipinski definition) is 16. The van der Waals surface area contributed by atoms with Gasteiger partial charge in [-0.2, -0.15) is 8.78 Å². The van der Waals surface area contributed by atoms with E-state index in [0.29, 0.717) is 144 Å². The average molecular weight is 876 g/mol. The van der Waals surface area contributed by atoms with E-state index in [4.69, 9.17) is 67.3 Å². The maximum absolute atomic E-state index is 13.6. The molecule has 0 amide bonds. The molecular formula is C39H58F5NO15. The topological polar surface area (TPSA) is 172 Å². The first-order valence-corrected chi connectivity index (χ1v) is 19.4. The molecule has 0 atom stereocenters. The van der Waals surface area contributed by atoms with Crippen LogP contribution in [0.5, 0.6) is 11.5 Å². The number of nitrogens with two attached hydrogens (primary N) is 1. The van der Waals surface area contributed by atoms with E-state index in [2.05, 4.69) is 4.74 Å². The Bertz CT molecular complexity index is 1340. The highest BCUT2D eigenvalue weighted by Crippen LogP contribution is 2.29. The van der Waals surface area contributed by atoms with Gasteiger partial charge >= 0.3 is 5.97 Å². The number of carbonyl (C=O) groups excluding carboxylic acids is 1. The summed E-state index contributed by atoms with van der Waals surface area (Å²) in [7, 11) is 0. The van der Waals surface area contributed by atoms with Gasteiger partial charge in [-0.3, -0.25) is 4.79 Å². The lowest BCUT2D eigenvalue weighted by Gasteiger charge is -2.09. The van der Waals surface area contributed by atoms with Gasteiger partial charge in [0.05, 0.1) is 165 Å². The number of rotatable bonds is 41. The lowest BCUT2D eigenvalue weighted by atomic mass is 10.2. The zero-order valence-corrected chi connectivity index (χ0v) is 33.8. The molecule has 2 aromatic rings. The third kappa shape index (κ3) is 26.8. The van der Waals surface area contributed by atoms with Crippen LogP contribution in [0, 0.1) is 29.1 Å². The lowest BCUT2D eigenvalue weighted by Crippen LogP contribution is -2.16. The quantitative estimate of drug-likeness (QED) is 0.0196. The van der Waals surface area contributed by atoms with Gasteiger partial charge in [0.2, 0.25) is 34.8 Å². The Morgan fingerprint density at radius 3 is 0.917 bits per heavy atom. The Morgan fingerprint density at radius 2 is 0.617 bits per heavy atom. The fraction of sp³-hybridized carbons (Fsp3) is 0.667. The van der Waals surface area contributed by atoms with E-state index in [1.165, 1.54) is 0 Å². The summed E-state index contributed by atoms with van der Waals surface area (Å²) in [4.78, 5) is 11.7. The molecule has 0 bridgehead atoms. The van der Waals surface area contributed by atoms with Gasteiger partial charge in [-0.15, -0.1) is 0 Å². The van der Waals surface area contributed by atoms with Crippen molar-refractivity contribution in [2.24, 2.45) is 0 Å². The molecule has 0 aliphatic rings. The van der Waals surface area contributed by atoms with Gasteiger partial charge in [-0.1, -0.05) is 0 Å². The van der Waals surface area contributed by atoms with Crippen molar-refractivity contribution in [3.63, 3.8) is 0 Å². The summed E-state index contributed by atoms with van der Waals surface area (Å²) in [5, 5.41) is 0. The van der Waals surface area contributed by atoms with E-state index >= 15 is 0 Å². The smallest absolute Gasteiger partial charge is 0.313 e. The SMILES string of the molecule is Nc1ccc(OCCOCCOCCOCCOCCOCCOCCOCCOCCOCCOCCOCCOCCC(=O)Oc2c(F)c(F)c(F)c(F)c2F)cc1. The maximum Gasteiger partial charge on any atom is 0.313 e. The van der Waals surface area contributed by atoms with Crippen LogP contribution in [0.2, 0.25) is 0 Å². The Labute approximate surface area is 346 Å². The maximum atomic E-state index is 13.6. The van der Waals surface area contributed by atoms with E-state index in [1.54, 1.807) is 12.1 Å². The lowest BCUT2D eigenvalue weighted by molar-refractivity contribution is -0.136. The normalized spacial score (nSPS) is 11.4. The van der Waals surface area contributed by atoms with Gasteiger partial charge in [0.25, 0.3) is 0 Å². The molecule has 0 saturated heterocycles. The summed E-state index contributed by atoms with van der Waals surface area (Å²) in [5.74, 6) is -13.4. The molecule has 0 aliphatic heterocycles. The van der Waals surface area contributed by atoms with Crippen LogP contribution >= 0.6 is 0 Å². The minimum atomic E-state index is -2.35. The van der Waals surface area contributed by atoms with Crippen LogP contribution in [0.4, 0.5) is 27.6 Å². The second-order valence-corrected chi connectivity index (χ2v) is 11.9. The highest BCUT2D eigenvalue weighted by atomic mass is 19.2. The summed E-state index contributed by atoms with van der Waals surface area (Å²) < 4.78 is 141. The minimum Gasteiger partial charge on any atom is -0.491 e. The van der Waals surface area contributed by atoms with Crippen molar-refractivity contribution >= 4 is 11.7 Å². The first-order valence-electron chi connectivity index (χ1n) is 19.4.